The van der Waals surface area contributed by atoms with E-state index in [1.54, 1.807) is 24.8 Å². The zero-order valence-electron chi connectivity index (χ0n) is 11.9. The largest absolute Gasteiger partial charge is 0.348 e. The summed E-state index contributed by atoms with van der Waals surface area (Å²) in [5, 5.41) is 2.87. The Morgan fingerprint density at radius 1 is 0.909 bits per heavy atom. The number of benzene rings is 1. The molecule has 0 bridgehead atoms. The first kappa shape index (κ1) is 13.9. The van der Waals surface area contributed by atoms with Crippen molar-refractivity contribution in [2.24, 2.45) is 0 Å². The van der Waals surface area contributed by atoms with Gasteiger partial charge in [0.05, 0.1) is 5.56 Å². The normalized spacial score (nSPS) is 10.2. The van der Waals surface area contributed by atoms with Gasteiger partial charge in [0.25, 0.3) is 5.91 Å². The Morgan fingerprint density at radius 3 is 2.55 bits per heavy atom. The Morgan fingerprint density at radius 2 is 1.77 bits per heavy atom. The smallest absolute Gasteiger partial charge is 0.253 e. The molecule has 0 atom stereocenters. The number of carbonyl (C=O) groups is 1. The quantitative estimate of drug-likeness (QED) is 0.803. The lowest BCUT2D eigenvalue weighted by Gasteiger charge is -2.07. The molecule has 0 radical (unpaired) electrons. The molecule has 22 heavy (non-hydrogen) atoms. The highest BCUT2D eigenvalue weighted by atomic mass is 16.1. The van der Waals surface area contributed by atoms with Crippen molar-refractivity contribution in [3.8, 4) is 11.1 Å². The summed E-state index contributed by atoms with van der Waals surface area (Å²) in [6, 6.07) is 15.5. The van der Waals surface area contributed by atoms with E-state index in [-0.39, 0.29) is 5.91 Å². The lowest BCUT2D eigenvalue weighted by Crippen LogP contribution is -2.23. The number of nitrogens with zero attached hydrogens (tertiary/aromatic N) is 2. The first-order valence-electron chi connectivity index (χ1n) is 7.00. The number of amides is 1. The van der Waals surface area contributed by atoms with Crippen molar-refractivity contribution in [2.45, 2.75) is 6.54 Å². The van der Waals surface area contributed by atoms with Crippen molar-refractivity contribution in [1.82, 2.24) is 15.3 Å². The van der Waals surface area contributed by atoms with Gasteiger partial charge in [-0.3, -0.25) is 14.8 Å². The van der Waals surface area contributed by atoms with E-state index in [0.29, 0.717) is 12.1 Å². The Bertz CT molecular complexity index is 758. The van der Waals surface area contributed by atoms with Gasteiger partial charge in [0.2, 0.25) is 0 Å². The average molecular weight is 289 g/mol. The molecule has 2 aromatic heterocycles. The van der Waals surface area contributed by atoms with Crippen molar-refractivity contribution in [2.75, 3.05) is 0 Å². The minimum Gasteiger partial charge on any atom is -0.348 e. The Labute approximate surface area is 128 Å². The summed E-state index contributed by atoms with van der Waals surface area (Å²) in [4.78, 5) is 20.4. The number of aromatic nitrogens is 2. The highest BCUT2D eigenvalue weighted by Gasteiger charge is 2.07. The van der Waals surface area contributed by atoms with E-state index in [1.807, 2.05) is 48.5 Å². The molecular weight excluding hydrogens is 274 g/mol. The van der Waals surface area contributed by atoms with Gasteiger partial charge >= 0.3 is 0 Å². The Hall–Kier alpha value is -3.01. The third-order valence-corrected chi connectivity index (χ3v) is 3.28. The molecule has 0 aliphatic carbocycles. The van der Waals surface area contributed by atoms with Crippen molar-refractivity contribution in [1.29, 1.82) is 0 Å². The standard InChI is InChI=1S/C18H15N3O/c22-18(21-11-14-5-4-8-19-10-14)17-9-16(12-20-13-17)15-6-2-1-3-7-15/h1-10,12-13H,11H2,(H,21,22). The van der Waals surface area contributed by atoms with Crippen LogP contribution in [0.2, 0.25) is 0 Å². The van der Waals surface area contributed by atoms with E-state index < -0.39 is 0 Å². The molecular formula is C18H15N3O. The lowest BCUT2D eigenvalue weighted by molar-refractivity contribution is 0.0950. The predicted molar refractivity (Wildman–Crippen MR) is 85.1 cm³/mol. The van der Waals surface area contributed by atoms with E-state index in [4.69, 9.17) is 0 Å². The third kappa shape index (κ3) is 3.35. The second-order valence-electron chi connectivity index (χ2n) is 4.87. The fraction of sp³-hybridized carbons (Fsp3) is 0.0556. The second-order valence-corrected chi connectivity index (χ2v) is 4.87. The van der Waals surface area contributed by atoms with Crippen LogP contribution in [0.3, 0.4) is 0 Å². The van der Waals surface area contributed by atoms with Gasteiger partial charge in [0.15, 0.2) is 0 Å². The van der Waals surface area contributed by atoms with Crippen LogP contribution in [0.15, 0.2) is 73.3 Å². The molecule has 4 nitrogen and oxygen atoms in total. The maximum absolute atomic E-state index is 12.2. The minimum atomic E-state index is -0.144. The SMILES string of the molecule is O=C(NCc1cccnc1)c1cncc(-c2ccccc2)c1. The molecule has 108 valence electrons. The maximum atomic E-state index is 12.2. The predicted octanol–water partition coefficient (Wildman–Crippen LogP) is 3.07. The van der Waals surface area contributed by atoms with Gasteiger partial charge < -0.3 is 5.32 Å². The molecule has 4 heteroatoms. The third-order valence-electron chi connectivity index (χ3n) is 3.28. The van der Waals surface area contributed by atoms with Crippen LogP contribution in [0.25, 0.3) is 11.1 Å². The van der Waals surface area contributed by atoms with Crippen LogP contribution in [0.4, 0.5) is 0 Å². The fourth-order valence-corrected chi connectivity index (χ4v) is 2.14. The van der Waals surface area contributed by atoms with E-state index in [0.717, 1.165) is 16.7 Å². The molecule has 3 rings (SSSR count). The van der Waals surface area contributed by atoms with Crippen molar-refractivity contribution < 1.29 is 4.79 Å². The first-order valence-corrected chi connectivity index (χ1v) is 7.00. The van der Waals surface area contributed by atoms with Gasteiger partial charge in [0, 0.05) is 36.9 Å². The highest BCUT2D eigenvalue weighted by molar-refractivity contribution is 5.95. The maximum Gasteiger partial charge on any atom is 0.253 e. The van der Waals surface area contributed by atoms with Gasteiger partial charge in [-0.2, -0.15) is 0 Å². The summed E-state index contributed by atoms with van der Waals surface area (Å²) in [6.45, 7) is 0.447. The number of hydrogen-bond donors (Lipinski definition) is 1. The van der Waals surface area contributed by atoms with E-state index in [1.165, 1.54) is 0 Å². The molecule has 0 unspecified atom stereocenters. The molecule has 0 aliphatic heterocycles. The van der Waals surface area contributed by atoms with Crippen molar-refractivity contribution >= 4 is 5.91 Å². The van der Waals surface area contributed by atoms with Crippen LogP contribution in [0.5, 0.6) is 0 Å². The minimum absolute atomic E-state index is 0.144. The summed E-state index contributed by atoms with van der Waals surface area (Å²) in [6.07, 6.45) is 6.77. The number of hydrogen-bond acceptors (Lipinski definition) is 3. The van der Waals surface area contributed by atoms with Gasteiger partial charge in [-0.25, -0.2) is 0 Å². The topological polar surface area (TPSA) is 54.9 Å². The first-order chi connectivity index (χ1) is 10.8. The number of rotatable bonds is 4. The van der Waals surface area contributed by atoms with Crippen LogP contribution in [-0.2, 0) is 6.54 Å². The monoisotopic (exact) mass is 289 g/mol. The summed E-state index contributed by atoms with van der Waals surface area (Å²) < 4.78 is 0. The Kier molecular flexibility index (Phi) is 4.20. The summed E-state index contributed by atoms with van der Waals surface area (Å²) in [5.74, 6) is -0.144. The number of nitrogens with one attached hydrogen (secondary N) is 1. The van der Waals surface area contributed by atoms with E-state index in [2.05, 4.69) is 15.3 Å². The molecule has 0 aliphatic rings. The fourth-order valence-electron chi connectivity index (χ4n) is 2.14. The molecule has 0 fully saturated rings. The molecule has 0 saturated carbocycles. The van der Waals surface area contributed by atoms with Gasteiger partial charge in [-0.05, 0) is 23.3 Å². The average Bonchev–Trinajstić information content (AvgIpc) is 2.61. The highest BCUT2D eigenvalue weighted by Crippen LogP contribution is 2.18. The van der Waals surface area contributed by atoms with Crippen molar-refractivity contribution in [3.63, 3.8) is 0 Å². The molecule has 0 spiro atoms. The van der Waals surface area contributed by atoms with Crippen LogP contribution < -0.4 is 5.32 Å². The van der Waals surface area contributed by atoms with Gasteiger partial charge in [-0.15, -0.1) is 0 Å². The van der Waals surface area contributed by atoms with Crippen LogP contribution in [-0.4, -0.2) is 15.9 Å². The molecule has 1 amide bonds. The van der Waals surface area contributed by atoms with Crippen LogP contribution in [0, 0.1) is 0 Å². The second kappa shape index (κ2) is 6.63. The van der Waals surface area contributed by atoms with Gasteiger partial charge in [0.1, 0.15) is 0 Å². The molecule has 2 heterocycles. The lowest BCUT2D eigenvalue weighted by atomic mass is 10.1. The summed E-state index contributed by atoms with van der Waals surface area (Å²) >= 11 is 0. The molecule has 1 aromatic carbocycles. The molecule has 3 aromatic rings. The van der Waals surface area contributed by atoms with Gasteiger partial charge in [-0.1, -0.05) is 36.4 Å². The zero-order valence-corrected chi connectivity index (χ0v) is 11.9. The van der Waals surface area contributed by atoms with Crippen LogP contribution in [0.1, 0.15) is 15.9 Å². The number of pyridine rings is 2. The zero-order chi connectivity index (χ0) is 15.2. The van der Waals surface area contributed by atoms with Crippen molar-refractivity contribution in [3.05, 3.63) is 84.4 Å². The summed E-state index contributed by atoms with van der Waals surface area (Å²) in [5.41, 5.74) is 3.47. The van der Waals surface area contributed by atoms with E-state index in [9.17, 15) is 4.79 Å². The van der Waals surface area contributed by atoms with Crippen LogP contribution >= 0.6 is 0 Å². The summed E-state index contributed by atoms with van der Waals surface area (Å²) in [7, 11) is 0. The van der Waals surface area contributed by atoms with E-state index >= 15 is 0 Å². The Balaban J connectivity index is 1.73. The molecule has 1 N–H and O–H groups in total. The molecule has 0 saturated heterocycles. The number of carbonyl (C=O) groups excluding carboxylic acids is 1.